The Labute approximate surface area is 205 Å². The highest BCUT2D eigenvalue weighted by Gasteiger charge is 2.19. The van der Waals surface area contributed by atoms with Crippen LogP contribution < -0.4 is 16.2 Å². The van der Waals surface area contributed by atoms with E-state index in [-0.39, 0.29) is 27.4 Å². The predicted molar refractivity (Wildman–Crippen MR) is 135 cm³/mol. The second-order valence-corrected chi connectivity index (χ2v) is 8.39. The highest BCUT2D eigenvalue weighted by Crippen LogP contribution is 2.22. The molecule has 2 N–H and O–H groups in total. The largest absolute Gasteiger partial charge is 0.322 e. The zero-order valence-electron chi connectivity index (χ0n) is 18.3. The van der Waals surface area contributed by atoms with Gasteiger partial charge in [0.05, 0.1) is 22.0 Å². The van der Waals surface area contributed by atoms with Crippen LogP contribution in [0.15, 0.2) is 77.6 Å². The molecule has 2 amide bonds. The van der Waals surface area contributed by atoms with Gasteiger partial charge in [-0.1, -0.05) is 47.5 Å². The van der Waals surface area contributed by atoms with E-state index in [1.807, 2.05) is 30.3 Å². The SMILES string of the molecule is Cc1c(NC(=O)c2cccc(NC(=O)c3cc(Cl)ccc3Cl)c2)c(=O)n(-c2ccccc2)n1C. The third kappa shape index (κ3) is 4.62. The van der Waals surface area contributed by atoms with E-state index in [2.05, 4.69) is 10.6 Å². The minimum atomic E-state index is -0.483. The third-order valence-electron chi connectivity index (χ3n) is 5.35. The van der Waals surface area contributed by atoms with Crippen molar-refractivity contribution in [2.24, 2.45) is 7.05 Å². The molecule has 9 heteroatoms. The van der Waals surface area contributed by atoms with Crippen LogP contribution in [0.1, 0.15) is 26.4 Å². The van der Waals surface area contributed by atoms with Crippen LogP contribution in [0.25, 0.3) is 5.69 Å². The van der Waals surface area contributed by atoms with Gasteiger partial charge >= 0.3 is 0 Å². The second-order valence-electron chi connectivity index (χ2n) is 7.55. The summed E-state index contributed by atoms with van der Waals surface area (Å²) in [5, 5.41) is 6.05. The molecule has 3 aromatic carbocycles. The van der Waals surface area contributed by atoms with E-state index >= 15 is 0 Å². The molecule has 34 heavy (non-hydrogen) atoms. The van der Waals surface area contributed by atoms with Crippen LogP contribution in [-0.2, 0) is 7.05 Å². The number of anilines is 2. The number of carbonyl (C=O) groups is 2. The van der Waals surface area contributed by atoms with Gasteiger partial charge in [0.25, 0.3) is 17.4 Å². The molecule has 1 aromatic heterocycles. The lowest BCUT2D eigenvalue weighted by Gasteiger charge is -2.09. The summed E-state index contributed by atoms with van der Waals surface area (Å²) >= 11 is 12.1. The van der Waals surface area contributed by atoms with Crippen molar-refractivity contribution in [3.63, 3.8) is 0 Å². The van der Waals surface area contributed by atoms with Crippen LogP contribution >= 0.6 is 23.2 Å². The van der Waals surface area contributed by atoms with Crippen LogP contribution in [0, 0.1) is 6.92 Å². The van der Waals surface area contributed by atoms with Gasteiger partial charge in [-0.05, 0) is 55.5 Å². The van der Waals surface area contributed by atoms with Crippen molar-refractivity contribution in [3.05, 3.63) is 110 Å². The van der Waals surface area contributed by atoms with Gasteiger partial charge in [0.2, 0.25) is 0 Å². The molecule has 0 aliphatic heterocycles. The summed E-state index contributed by atoms with van der Waals surface area (Å²) in [5.41, 5.74) is 1.98. The molecule has 0 radical (unpaired) electrons. The molecule has 4 rings (SSSR count). The van der Waals surface area contributed by atoms with E-state index in [1.165, 1.54) is 22.9 Å². The van der Waals surface area contributed by atoms with Crippen LogP contribution in [0.3, 0.4) is 0 Å². The zero-order valence-corrected chi connectivity index (χ0v) is 19.8. The number of aromatic nitrogens is 2. The lowest BCUT2D eigenvalue weighted by atomic mass is 10.1. The Morgan fingerprint density at radius 2 is 1.59 bits per heavy atom. The van der Waals surface area contributed by atoms with Gasteiger partial charge < -0.3 is 10.6 Å². The van der Waals surface area contributed by atoms with E-state index in [1.54, 1.807) is 42.9 Å². The number of hydrogen-bond donors (Lipinski definition) is 2. The molecule has 172 valence electrons. The monoisotopic (exact) mass is 494 g/mol. The first-order valence-electron chi connectivity index (χ1n) is 10.3. The molecule has 0 aliphatic carbocycles. The summed E-state index contributed by atoms with van der Waals surface area (Å²) in [6, 6.07) is 20.1. The molecule has 0 unspecified atom stereocenters. The number of hydrogen-bond acceptors (Lipinski definition) is 3. The summed E-state index contributed by atoms with van der Waals surface area (Å²) in [7, 11) is 1.75. The van der Waals surface area contributed by atoms with Crippen molar-refractivity contribution in [3.8, 4) is 5.69 Å². The highest BCUT2D eigenvalue weighted by molar-refractivity contribution is 6.36. The fourth-order valence-corrected chi connectivity index (χ4v) is 3.88. The Hall–Kier alpha value is -3.81. The first kappa shape index (κ1) is 23.4. The summed E-state index contributed by atoms with van der Waals surface area (Å²) in [4.78, 5) is 38.6. The average molecular weight is 495 g/mol. The van der Waals surface area contributed by atoms with E-state index in [9.17, 15) is 14.4 Å². The van der Waals surface area contributed by atoms with Crippen LogP contribution in [0.2, 0.25) is 10.0 Å². The molecule has 0 saturated heterocycles. The van der Waals surface area contributed by atoms with Crippen molar-refractivity contribution in [1.82, 2.24) is 9.36 Å². The molecule has 0 bridgehead atoms. The first-order valence-corrected chi connectivity index (χ1v) is 11.0. The summed E-state index contributed by atoms with van der Waals surface area (Å²) in [5.74, 6) is -0.947. The van der Waals surface area contributed by atoms with Crippen LogP contribution in [0.4, 0.5) is 11.4 Å². The smallest absolute Gasteiger partial charge is 0.295 e. The molecule has 0 saturated carbocycles. The van der Waals surface area contributed by atoms with Gasteiger partial charge in [0.15, 0.2) is 0 Å². The minimum absolute atomic E-state index is 0.177. The quantitative estimate of drug-likeness (QED) is 0.394. The third-order valence-corrected chi connectivity index (χ3v) is 5.91. The van der Waals surface area contributed by atoms with Crippen molar-refractivity contribution in [2.45, 2.75) is 6.92 Å². The maximum atomic E-state index is 13.1. The fourth-order valence-electron chi connectivity index (χ4n) is 3.51. The minimum Gasteiger partial charge on any atom is -0.322 e. The van der Waals surface area contributed by atoms with Gasteiger partial charge in [-0.2, -0.15) is 0 Å². The molecule has 7 nitrogen and oxygen atoms in total. The summed E-state index contributed by atoms with van der Waals surface area (Å²) in [6.45, 7) is 1.75. The number of amides is 2. The molecular weight excluding hydrogens is 475 g/mol. The number of nitrogens with one attached hydrogen (secondary N) is 2. The van der Waals surface area contributed by atoms with Gasteiger partial charge in [-0.25, -0.2) is 4.68 Å². The number of benzene rings is 3. The van der Waals surface area contributed by atoms with Crippen molar-refractivity contribution >= 4 is 46.4 Å². The van der Waals surface area contributed by atoms with Crippen molar-refractivity contribution < 1.29 is 9.59 Å². The number of para-hydroxylation sites is 1. The Kier molecular flexibility index (Phi) is 6.58. The second kappa shape index (κ2) is 9.59. The van der Waals surface area contributed by atoms with Crippen molar-refractivity contribution in [2.75, 3.05) is 10.6 Å². The number of carbonyl (C=O) groups excluding carboxylic acids is 2. The number of rotatable bonds is 5. The zero-order chi connectivity index (χ0) is 24.4. The normalized spacial score (nSPS) is 10.7. The Bertz CT molecular complexity index is 1460. The molecule has 1 heterocycles. The summed E-state index contributed by atoms with van der Waals surface area (Å²) in [6.07, 6.45) is 0. The lowest BCUT2D eigenvalue weighted by Crippen LogP contribution is -2.23. The molecular formula is C25H20Cl2N4O3. The Morgan fingerprint density at radius 1 is 0.853 bits per heavy atom. The number of halogens is 2. The summed E-state index contributed by atoms with van der Waals surface area (Å²) < 4.78 is 3.16. The van der Waals surface area contributed by atoms with E-state index in [0.717, 1.165) is 0 Å². The molecule has 0 aliphatic rings. The van der Waals surface area contributed by atoms with Gasteiger partial charge in [-0.3, -0.25) is 19.1 Å². The Morgan fingerprint density at radius 3 is 2.32 bits per heavy atom. The molecule has 0 spiro atoms. The first-order chi connectivity index (χ1) is 16.3. The maximum absolute atomic E-state index is 13.1. The lowest BCUT2D eigenvalue weighted by molar-refractivity contribution is 0.101. The molecule has 0 atom stereocenters. The predicted octanol–water partition coefficient (Wildman–Crippen LogP) is 5.30. The van der Waals surface area contributed by atoms with Crippen LogP contribution in [0.5, 0.6) is 0 Å². The topological polar surface area (TPSA) is 85.1 Å². The Balaban J connectivity index is 1.57. The maximum Gasteiger partial charge on any atom is 0.295 e. The highest BCUT2D eigenvalue weighted by atomic mass is 35.5. The standard InChI is InChI=1S/C25H20Cl2N4O3/c1-15-22(25(34)31(30(15)2)19-9-4-3-5-10-19)29-23(32)16-7-6-8-18(13-16)28-24(33)20-14-17(26)11-12-21(20)27/h3-14H,1-2H3,(H,28,33)(H,29,32). The van der Waals surface area contributed by atoms with Crippen LogP contribution in [-0.4, -0.2) is 21.2 Å². The van der Waals surface area contributed by atoms with Gasteiger partial charge in [-0.15, -0.1) is 0 Å². The number of nitrogens with zero attached hydrogens (tertiary/aromatic N) is 2. The van der Waals surface area contributed by atoms with Gasteiger partial charge in [0.1, 0.15) is 5.69 Å². The molecule has 4 aromatic rings. The van der Waals surface area contributed by atoms with Crippen molar-refractivity contribution in [1.29, 1.82) is 0 Å². The van der Waals surface area contributed by atoms with E-state index in [4.69, 9.17) is 23.2 Å². The van der Waals surface area contributed by atoms with E-state index in [0.29, 0.717) is 22.1 Å². The molecule has 0 fully saturated rings. The fraction of sp³-hybridized carbons (Fsp3) is 0.0800. The average Bonchev–Trinajstić information content (AvgIpc) is 3.04. The van der Waals surface area contributed by atoms with Gasteiger partial charge in [0, 0.05) is 23.3 Å². The van der Waals surface area contributed by atoms with E-state index < -0.39 is 11.8 Å².